The van der Waals surface area contributed by atoms with E-state index < -0.39 is 0 Å². The minimum atomic E-state index is -0.382. The average Bonchev–Trinajstić information content (AvgIpc) is 2.51. The van der Waals surface area contributed by atoms with Gasteiger partial charge < -0.3 is 4.98 Å². The molecule has 0 bridgehead atoms. The third kappa shape index (κ3) is 4.06. The summed E-state index contributed by atoms with van der Waals surface area (Å²) in [6.45, 7) is 3.99. The molecule has 3 heteroatoms. The molecule has 0 amide bonds. The molecule has 0 atom stereocenters. The van der Waals surface area contributed by atoms with Crippen molar-refractivity contribution >= 4 is 17.0 Å². The first kappa shape index (κ1) is 16.5. The van der Waals surface area contributed by atoms with Crippen molar-refractivity contribution < 1.29 is 4.39 Å². The third-order valence-corrected chi connectivity index (χ3v) is 4.00. The largest absolute Gasteiger partial charge is 0.355 e. The highest BCUT2D eigenvalue weighted by Crippen LogP contribution is 2.14. The number of allylic oxidation sites excluding steroid dienone is 1. The molecule has 118 valence electrons. The summed E-state index contributed by atoms with van der Waals surface area (Å²) in [5, 5.41) is 0.411. The molecule has 1 aromatic heterocycles. The van der Waals surface area contributed by atoms with Crippen LogP contribution in [0.4, 0.5) is 4.39 Å². The van der Waals surface area contributed by atoms with Crippen LogP contribution in [0.15, 0.2) is 29.1 Å². The molecule has 0 saturated heterocycles. The lowest BCUT2D eigenvalue weighted by atomic mass is 10.1. The molecule has 1 N–H and O–H groups in total. The van der Waals surface area contributed by atoms with Gasteiger partial charge in [-0.2, -0.15) is 0 Å². The maximum absolute atomic E-state index is 13.3. The Morgan fingerprint density at radius 1 is 1.18 bits per heavy atom. The zero-order valence-electron chi connectivity index (χ0n) is 13.4. The SMILES string of the molecule is CCCCCCC/C=C/c1[nH]c2ccc(F)cc2c(=O)c1C. The van der Waals surface area contributed by atoms with Gasteiger partial charge in [0.25, 0.3) is 0 Å². The standard InChI is InChI=1S/C19H24FNO/c1-3-4-5-6-7-8-9-10-17-14(2)19(22)16-13-15(20)11-12-18(16)21-17/h9-13H,3-8H2,1-2H3,(H,21,22)/b10-9+. The van der Waals surface area contributed by atoms with Crippen LogP contribution in [0.5, 0.6) is 0 Å². The van der Waals surface area contributed by atoms with Crippen molar-refractivity contribution in [2.45, 2.75) is 52.4 Å². The van der Waals surface area contributed by atoms with E-state index in [0.717, 1.165) is 12.1 Å². The Bertz CT molecular complexity index is 715. The minimum Gasteiger partial charge on any atom is -0.355 e. The number of halogens is 1. The monoisotopic (exact) mass is 301 g/mol. The summed E-state index contributed by atoms with van der Waals surface area (Å²) < 4.78 is 13.3. The molecule has 0 aliphatic heterocycles. The molecule has 0 aliphatic carbocycles. The first-order valence-corrected chi connectivity index (χ1v) is 8.12. The van der Waals surface area contributed by atoms with E-state index in [9.17, 15) is 9.18 Å². The van der Waals surface area contributed by atoms with Crippen LogP contribution < -0.4 is 5.43 Å². The highest BCUT2D eigenvalue weighted by atomic mass is 19.1. The summed E-state index contributed by atoms with van der Waals surface area (Å²) >= 11 is 0. The van der Waals surface area contributed by atoms with Gasteiger partial charge in [0.2, 0.25) is 0 Å². The lowest BCUT2D eigenvalue weighted by Crippen LogP contribution is -2.09. The van der Waals surface area contributed by atoms with Gasteiger partial charge in [-0.1, -0.05) is 38.7 Å². The Labute approximate surface area is 131 Å². The number of H-pyrrole nitrogens is 1. The topological polar surface area (TPSA) is 32.9 Å². The number of nitrogens with one attached hydrogen (secondary N) is 1. The molecule has 2 nitrogen and oxygen atoms in total. The van der Waals surface area contributed by atoms with Gasteiger partial charge in [0.15, 0.2) is 5.43 Å². The first-order valence-electron chi connectivity index (χ1n) is 8.12. The quantitative estimate of drug-likeness (QED) is 0.687. The van der Waals surface area contributed by atoms with Gasteiger partial charge >= 0.3 is 0 Å². The Kier molecular flexibility index (Phi) is 5.93. The van der Waals surface area contributed by atoms with Crippen LogP contribution in [0, 0.1) is 12.7 Å². The summed E-state index contributed by atoms with van der Waals surface area (Å²) in [6.07, 6.45) is 11.4. The van der Waals surface area contributed by atoms with Crippen LogP contribution in [-0.2, 0) is 0 Å². The lowest BCUT2D eigenvalue weighted by Gasteiger charge is -2.05. The van der Waals surface area contributed by atoms with E-state index in [4.69, 9.17) is 0 Å². The lowest BCUT2D eigenvalue weighted by molar-refractivity contribution is 0.629. The van der Waals surface area contributed by atoms with Gasteiger partial charge in [0, 0.05) is 22.2 Å². The predicted molar refractivity (Wildman–Crippen MR) is 91.7 cm³/mol. The van der Waals surface area contributed by atoms with E-state index >= 15 is 0 Å². The van der Waals surface area contributed by atoms with Crippen molar-refractivity contribution in [1.82, 2.24) is 4.98 Å². The summed E-state index contributed by atoms with van der Waals surface area (Å²) in [5.41, 5.74) is 2.04. The van der Waals surface area contributed by atoms with Crippen molar-refractivity contribution in [3.8, 4) is 0 Å². The van der Waals surface area contributed by atoms with Crippen molar-refractivity contribution in [1.29, 1.82) is 0 Å². The zero-order valence-corrected chi connectivity index (χ0v) is 13.4. The molecule has 0 unspecified atom stereocenters. The number of aromatic amines is 1. The molecular formula is C19H24FNO. The Morgan fingerprint density at radius 2 is 1.95 bits per heavy atom. The molecule has 2 rings (SSSR count). The number of hydrogen-bond acceptors (Lipinski definition) is 1. The minimum absolute atomic E-state index is 0.101. The predicted octanol–water partition coefficient (Wildman–Crippen LogP) is 5.35. The molecule has 0 fully saturated rings. The number of hydrogen-bond donors (Lipinski definition) is 1. The Morgan fingerprint density at radius 3 is 2.73 bits per heavy atom. The molecule has 22 heavy (non-hydrogen) atoms. The summed E-state index contributed by atoms with van der Waals surface area (Å²) in [7, 11) is 0. The second kappa shape index (κ2) is 7.92. The van der Waals surface area contributed by atoms with E-state index in [2.05, 4.69) is 18.0 Å². The highest BCUT2D eigenvalue weighted by molar-refractivity contribution is 5.80. The molecule has 0 saturated carbocycles. The first-order chi connectivity index (χ1) is 10.6. The number of benzene rings is 1. The summed E-state index contributed by atoms with van der Waals surface area (Å²) in [6, 6.07) is 4.28. The number of unbranched alkanes of at least 4 members (excludes halogenated alkanes) is 5. The van der Waals surface area contributed by atoms with Gasteiger partial charge in [-0.15, -0.1) is 0 Å². The van der Waals surface area contributed by atoms with E-state index in [1.54, 1.807) is 13.0 Å². The summed E-state index contributed by atoms with van der Waals surface area (Å²) in [4.78, 5) is 15.5. The fourth-order valence-corrected chi connectivity index (χ4v) is 2.61. The summed E-state index contributed by atoms with van der Waals surface area (Å²) in [5.74, 6) is -0.382. The van der Waals surface area contributed by atoms with Crippen LogP contribution in [0.2, 0.25) is 0 Å². The van der Waals surface area contributed by atoms with E-state index in [0.29, 0.717) is 16.5 Å². The zero-order chi connectivity index (χ0) is 15.9. The maximum atomic E-state index is 13.3. The molecule has 1 aromatic carbocycles. The third-order valence-electron chi connectivity index (χ3n) is 4.00. The normalized spacial score (nSPS) is 11.6. The van der Waals surface area contributed by atoms with Crippen LogP contribution in [0.25, 0.3) is 17.0 Å². The molecular weight excluding hydrogens is 277 g/mol. The fraction of sp³-hybridized carbons (Fsp3) is 0.421. The van der Waals surface area contributed by atoms with Crippen LogP contribution >= 0.6 is 0 Å². The van der Waals surface area contributed by atoms with Crippen LogP contribution in [-0.4, -0.2) is 4.98 Å². The number of aromatic nitrogens is 1. The van der Waals surface area contributed by atoms with Crippen molar-refractivity contribution in [3.05, 3.63) is 51.6 Å². The molecule has 0 spiro atoms. The van der Waals surface area contributed by atoms with Crippen molar-refractivity contribution in [2.24, 2.45) is 0 Å². The van der Waals surface area contributed by atoms with Gasteiger partial charge in [-0.05, 0) is 44.0 Å². The number of rotatable bonds is 7. The van der Waals surface area contributed by atoms with E-state index in [1.807, 2.05) is 6.08 Å². The molecule has 0 radical (unpaired) electrons. The van der Waals surface area contributed by atoms with E-state index in [-0.39, 0.29) is 11.2 Å². The van der Waals surface area contributed by atoms with Crippen molar-refractivity contribution in [3.63, 3.8) is 0 Å². The average molecular weight is 301 g/mol. The second-order valence-electron chi connectivity index (χ2n) is 5.79. The Hall–Kier alpha value is -1.90. The van der Waals surface area contributed by atoms with Crippen LogP contribution in [0.3, 0.4) is 0 Å². The van der Waals surface area contributed by atoms with Gasteiger partial charge in [-0.3, -0.25) is 4.79 Å². The smallest absolute Gasteiger partial charge is 0.192 e. The van der Waals surface area contributed by atoms with E-state index in [1.165, 1.54) is 44.2 Å². The Balaban J connectivity index is 2.10. The van der Waals surface area contributed by atoms with Crippen molar-refractivity contribution in [2.75, 3.05) is 0 Å². The number of pyridine rings is 1. The molecule has 0 aliphatic rings. The number of fused-ring (bicyclic) bond motifs is 1. The molecule has 2 aromatic rings. The second-order valence-corrected chi connectivity index (χ2v) is 5.79. The van der Waals surface area contributed by atoms with Gasteiger partial charge in [-0.25, -0.2) is 4.39 Å². The van der Waals surface area contributed by atoms with Gasteiger partial charge in [0.1, 0.15) is 5.82 Å². The maximum Gasteiger partial charge on any atom is 0.192 e. The molecule has 1 heterocycles. The van der Waals surface area contributed by atoms with Gasteiger partial charge in [0.05, 0.1) is 0 Å². The fourth-order valence-electron chi connectivity index (χ4n) is 2.61. The highest BCUT2D eigenvalue weighted by Gasteiger charge is 2.07. The van der Waals surface area contributed by atoms with Crippen LogP contribution in [0.1, 0.15) is 56.7 Å².